The highest BCUT2D eigenvalue weighted by Crippen LogP contribution is 2.24. The van der Waals surface area contributed by atoms with Crippen molar-refractivity contribution in [3.63, 3.8) is 0 Å². The van der Waals surface area contributed by atoms with E-state index in [2.05, 4.69) is 25.0 Å². The summed E-state index contributed by atoms with van der Waals surface area (Å²) in [4.78, 5) is 43.9. The van der Waals surface area contributed by atoms with Gasteiger partial charge in [-0.1, -0.05) is 5.16 Å². The lowest BCUT2D eigenvalue weighted by atomic mass is 9.99. The zero-order chi connectivity index (χ0) is 21.8. The minimum atomic E-state index is -4.99. The van der Waals surface area contributed by atoms with Gasteiger partial charge in [0.2, 0.25) is 6.61 Å². The number of ether oxygens (including phenoxy) is 1. The number of thiazole rings is 1. The smallest absolute Gasteiger partial charge is 0.404 e. The summed E-state index contributed by atoms with van der Waals surface area (Å²) >= 11 is 0.971. The maximum Gasteiger partial charge on any atom is 0.404 e. The number of primary amides is 1. The second-order valence-corrected chi connectivity index (χ2v) is 7.38. The van der Waals surface area contributed by atoms with Crippen LogP contribution in [0.5, 0.6) is 0 Å². The van der Waals surface area contributed by atoms with Gasteiger partial charge in [-0.25, -0.2) is 14.1 Å². The van der Waals surface area contributed by atoms with Gasteiger partial charge in [0.05, 0.1) is 0 Å². The molecule has 6 N–H and O–H groups in total. The fourth-order valence-electron chi connectivity index (χ4n) is 2.23. The normalized spacial score (nSPS) is 19.1. The Hall–Kier alpha value is -3.49. The Morgan fingerprint density at radius 3 is 2.72 bits per heavy atom. The topological polar surface area (TPSA) is 240 Å². The van der Waals surface area contributed by atoms with E-state index in [1.54, 1.807) is 6.07 Å². The summed E-state index contributed by atoms with van der Waals surface area (Å²) in [5.74, 6) is -2.24. The van der Waals surface area contributed by atoms with E-state index in [0.29, 0.717) is 0 Å². The fraction of sp³-hybridized carbons (Fsp3) is 0.333. The van der Waals surface area contributed by atoms with E-state index >= 15 is 0 Å². The lowest BCUT2D eigenvalue weighted by Crippen LogP contribution is -2.73. The number of carbonyl (C=O) groups is 3. The molecule has 1 saturated heterocycles. The summed E-state index contributed by atoms with van der Waals surface area (Å²) in [6.07, 6.45) is -1.27. The van der Waals surface area contributed by atoms with E-state index in [9.17, 15) is 22.8 Å². The quantitative estimate of drug-likeness (QED) is 0.107. The third kappa shape index (κ3) is 5.07. The molecule has 0 spiro atoms. The zero-order valence-corrected chi connectivity index (χ0v) is 15.8. The predicted octanol–water partition coefficient (Wildman–Crippen LogP) is -2.44. The number of nitrogens with one attached hydrogen (secondary N) is 1. The number of nitrogens with two attached hydrogens (primary N) is 2. The van der Waals surface area contributed by atoms with E-state index in [1.807, 2.05) is 0 Å². The molecule has 2 heterocycles. The number of anilines is 1. The highest BCUT2D eigenvalue weighted by molar-refractivity contribution is 7.84. The highest BCUT2D eigenvalue weighted by atomic mass is 32.2. The first-order valence-corrected chi connectivity index (χ1v) is 9.66. The van der Waals surface area contributed by atoms with Crippen LogP contribution in [-0.4, -0.2) is 71.2 Å². The molecule has 2 atom stereocenters. The monoisotopic (exact) mass is 447 g/mol. The van der Waals surface area contributed by atoms with Gasteiger partial charge in [0.1, 0.15) is 30.5 Å². The lowest BCUT2D eigenvalue weighted by Gasteiger charge is -2.43. The molecule has 0 aliphatic carbocycles. The van der Waals surface area contributed by atoms with Crippen molar-refractivity contribution in [2.75, 3.05) is 18.9 Å². The Morgan fingerprint density at radius 1 is 1.52 bits per heavy atom. The molecule has 1 aromatic heterocycles. The molecule has 17 heteroatoms. The summed E-state index contributed by atoms with van der Waals surface area (Å²) in [6, 6.07) is -1.35. The number of nitriles is 1. The first-order chi connectivity index (χ1) is 13.6. The van der Waals surface area contributed by atoms with Gasteiger partial charge in [0, 0.05) is 5.38 Å². The third-order valence-corrected chi connectivity index (χ3v) is 4.99. The van der Waals surface area contributed by atoms with Gasteiger partial charge in [0.25, 0.3) is 11.8 Å². The highest BCUT2D eigenvalue weighted by Gasteiger charge is 2.54. The third-order valence-electron chi connectivity index (χ3n) is 3.37. The molecule has 15 nitrogen and oxygen atoms in total. The minimum Gasteiger partial charge on any atom is -0.447 e. The number of hydrogen-bond donors (Lipinski definition) is 4. The van der Waals surface area contributed by atoms with Crippen molar-refractivity contribution in [1.82, 2.24) is 14.6 Å². The molecular weight excluding hydrogens is 434 g/mol. The van der Waals surface area contributed by atoms with Crippen LogP contribution in [0.2, 0.25) is 0 Å². The second-order valence-electron chi connectivity index (χ2n) is 5.20. The minimum absolute atomic E-state index is 0.0186. The van der Waals surface area contributed by atoms with Crippen LogP contribution in [0.15, 0.2) is 10.5 Å². The largest absolute Gasteiger partial charge is 0.447 e. The molecular formula is C12H13N7O8S2. The Labute approximate surface area is 166 Å². The maximum atomic E-state index is 12.5. The number of rotatable bonds is 8. The maximum absolute atomic E-state index is 12.5. The van der Waals surface area contributed by atoms with Crippen LogP contribution < -0.4 is 16.8 Å². The number of oxime groups is 1. The molecule has 156 valence electrons. The summed E-state index contributed by atoms with van der Waals surface area (Å²) in [7, 11) is -4.99. The van der Waals surface area contributed by atoms with Gasteiger partial charge in [0.15, 0.2) is 10.8 Å². The zero-order valence-electron chi connectivity index (χ0n) is 14.2. The molecule has 3 amide bonds. The summed E-state index contributed by atoms with van der Waals surface area (Å²) in [5, 5.41) is 15.6. The number of amides is 3. The molecule has 2 rings (SSSR count). The van der Waals surface area contributed by atoms with Crippen LogP contribution in [0.3, 0.4) is 0 Å². The Balaban J connectivity index is 2.24. The van der Waals surface area contributed by atoms with E-state index in [4.69, 9.17) is 21.3 Å². The summed E-state index contributed by atoms with van der Waals surface area (Å²) < 4.78 is 36.2. The Kier molecular flexibility index (Phi) is 6.53. The summed E-state index contributed by atoms with van der Waals surface area (Å²) in [5.41, 5.74) is 9.81. The Morgan fingerprint density at radius 2 is 2.21 bits per heavy atom. The van der Waals surface area contributed by atoms with Crippen molar-refractivity contribution < 1.29 is 36.9 Å². The van der Waals surface area contributed by atoms with Crippen LogP contribution in [0.1, 0.15) is 5.69 Å². The van der Waals surface area contributed by atoms with Crippen molar-refractivity contribution in [2.24, 2.45) is 10.9 Å². The second kappa shape index (κ2) is 8.68. The SMILES string of the molecule is N#CCON=C(C(=O)N[C@@H]1C(=O)N(S(=O)(=O)O)[C@@H]1COC(N)=O)c1csc(N)n1. The average Bonchev–Trinajstić information content (AvgIpc) is 3.04. The number of aromatic nitrogens is 1. The van der Waals surface area contributed by atoms with Gasteiger partial charge in [-0.05, 0) is 0 Å². The molecule has 0 bridgehead atoms. The van der Waals surface area contributed by atoms with E-state index in [1.165, 1.54) is 5.38 Å². The average molecular weight is 447 g/mol. The van der Waals surface area contributed by atoms with Crippen molar-refractivity contribution in [3.8, 4) is 6.07 Å². The number of β-lactam (4-membered cyclic amide) rings is 1. The van der Waals surface area contributed by atoms with Crippen LogP contribution in [0.4, 0.5) is 9.93 Å². The fourth-order valence-corrected chi connectivity index (χ4v) is 3.64. The van der Waals surface area contributed by atoms with Gasteiger partial charge >= 0.3 is 16.4 Å². The van der Waals surface area contributed by atoms with E-state index in [0.717, 1.165) is 11.3 Å². The van der Waals surface area contributed by atoms with Gasteiger partial charge in [-0.15, -0.1) is 11.3 Å². The molecule has 1 fully saturated rings. The molecule has 0 unspecified atom stereocenters. The van der Waals surface area contributed by atoms with Gasteiger partial charge in [-0.2, -0.15) is 13.7 Å². The molecule has 0 radical (unpaired) electrons. The molecule has 0 aromatic carbocycles. The summed E-state index contributed by atoms with van der Waals surface area (Å²) in [6.45, 7) is -1.22. The number of nitrogen functional groups attached to an aromatic ring is 1. The lowest BCUT2D eigenvalue weighted by molar-refractivity contribution is -0.146. The Bertz CT molecular complexity index is 998. The van der Waals surface area contributed by atoms with Crippen molar-refractivity contribution in [1.29, 1.82) is 5.26 Å². The molecule has 29 heavy (non-hydrogen) atoms. The predicted molar refractivity (Wildman–Crippen MR) is 94.3 cm³/mol. The number of nitrogens with zero attached hydrogens (tertiary/aromatic N) is 4. The van der Waals surface area contributed by atoms with Crippen LogP contribution in [0, 0.1) is 11.3 Å². The van der Waals surface area contributed by atoms with Gasteiger partial charge in [-0.3, -0.25) is 14.1 Å². The number of carbonyl (C=O) groups excluding carboxylic acids is 3. The van der Waals surface area contributed by atoms with Crippen LogP contribution in [0.25, 0.3) is 0 Å². The van der Waals surface area contributed by atoms with Crippen LogP contribution in [-0.2, 0) is 29.5 Å². The van der Waals surface area contributed by atoms with Crippen molar-refractivity contribution >= 4 is 50.4 Å². The van der Waals surface area contributed by atoms with Crippen molar-refractivity contribution in [2.45, 2.75) is 12.1 Å². The van der Waals surface area contributed by atoms with Gasteiger partial charge < -0.3 is 26.4 Å². The van der Waals surface area contributed by atoms with Crippen LogP contribution >= 0.6 is 11.3 Å². The first kappa shape index (κ1) is 21.8. The molecule has 1 aromatic rings. The molecule has 1 aliphatic heterocycles. The first-order valence-electron chi connectivity index (χ1n) is 7.38. The van der Waals surface area contributed by atoms with E-state index < -0.39 is 59.2 Å². The van der Waals surface area contributed by atoms with E-state index in [-0.39, 0.29) is 15.1 Å². The standard InChI is InChI=1S/C12H13N7O8S2/c13-1-2-27-18-7(5-4-28-11(14)16-5)9(20)17-8-6(3-26-12(15)22)19(10(8)21)29(23,24)25/h4,6,8H,2-3H2,(H2,14,16)(H2,15,22)(H,17,20)(H,23,24,25)/t6-,8+/m1/s1. The number of hydrogen-bond acceptors (Lipinski definition) is 12. The van der Waals surface area contributed by atoms with Crippen molar-refractivity contribution in [3.05, 3.63) is 11.1 Å². The molecule has 1 aliphatic rings. The molecule has 0 saturated carbocycles.